The van der Waals surface area contributed by atoms with Gasteiger partial charge in [-0.3, -0.25) is 14.4 Å². The van der Waals surface area contributed by atoms with Crippen molar-refractivity contribution in [2.75, 3.05) is 13.2 Å². The number of ether oxygens (including phenoxy) is 3. The lowest BCUT2D eigenvalue weighted by molar-refractivity contribution is -0.167. The van der Waals surface area contributed by atoms with Gasteiger partial charge in [0.2, 0.25) is 0 Å². The highest BCUT2D eigenvalue weighted by molar-refractivity contribution is 5.71. The minimum absolute atomic E-state index is 0.0630. The smallest absolute Gasteiger partial charge is 0.306 e. The van der Waals surface area contributed by atoms with E-state index in [0.29, 0.717) is 19.3 Å². The number of esters is 3. The zero-order valence-corrected chi connectivity index (χ0v) is 35.8. The molecule has 0 aromatic carbocycles. The van der Waals surface area contributed by atoms with Crippen molar-refractivity contribution in [2.24, 2.45) is 0 Å². The minimum atomic E-state index is -0.757. The van der Waals surface area contributed by atoms with Crippen molar-refractivity contribution >= 4 is 17.9 Å². The Bertz CT molecular complexity index is 783. The average Bonchev–Trinajstić information content (AvgIpc) is 3.15. The summed E-state index contributed by atoms with van der Waals surface area (Å²) in [6, 6.07) is 0. The first-order valence-electron chi connectivity index (χ1n) is 23.5. The number of hydrogen-bond donors (Lipinski definition) is 0. The maximum atomic E-state index is 12.7. The van der Waals surface area contributed by atoms with Gasteiger partial charge in [0.05, 0.1) is 0 Å². The molecule has 0 fully saturated rings. The highest BCUT2D eigenvalue weighted by Gasteiger charge is 2.19. The molecule has 0 saturated carbocycles. The molecule has 0 aromatic rings. The van der Waals surface area contributed by atoms with Crippen LogP contribution in [0.3, 0.4) is 0 Å². The summed E-state index contributed by atoms with van der Waals surface area (Å²) < 4.78 is 16.7. The fourth-order valence-electron chi connectivity index (χ4n) is 7.03. The Kier molecular flexibility index (Phi) is 41.8. The number of unbranched alkanes of at least 4 members (excludes halogenated alkanes) is 32. The van der Waals surface area contributed by atoms with Crippen molar-refractivity contribution in [3.05, 3.63) is 0 Å². The molecule has 0 bridgehead atoms. The molecule has 0 aliphatic heterocycles. The van der Waals surface area contributed by atoms with Crippen LogP contribution in [-0.4, -0.2) is 37.2 Å². The summed E-state index contributed by atoms with van der Waals surface area (Å²) in [6.07, 6.45) is 43.8. The zero-order valence-electron chi connectivity index (χ0n) is 35.8. The Morgan fingerprint density at radius 1 is 0.302 bits per heavy atom. The fraction of sp³-hybridized carbons (Fsp3) is 0.936. The topological polar surface area (TPSA) is 78.9 Å². The second-order valence-corrected chi connectivity index (χ2v) is 16.0. The van der Waals surface area contributed by atoms with Crippen molar-refractivity contribution < 1.29 is 28.6 Å². The van der Waals surface area contributed by atoms with Crippen molar-refractivity contribution in [3.8, 4) is 0 Å². The first-order chi connectivity index (χ1) is 26.0. The second kappa shape index (κ2) is 43.1. The van der Waals surface area contributed by atoms with Gasteiger partial charge in [0.15, 0.2) is 6.10 Å². The molecule has 0 saturated heterocycles. The molecule has 6 heteroatoms. The van der Waals surface area contributed by atoms with Gasteiger partial charge in [-0.25, -0.2) is 0 Å². The summed E-state index contributed by atoms with van der Waals surface area (Å²) >= 11 is 0. The van der Waals surface area contributed by atoms with Crippen LogP contribution in [0.1, 0.15) is 265 Å². The van der Waals surface area contributed by atoms with Crippen LogP contribution in [0, 0.1) is 0 Å². The normalized spacial score (nSPS) is 11.8. The molecule has 314 valence electrons. The molecule has 0 aliphatic carbocycles. The van der Waals surface area contributed by atoms with E-state index in [0.717, 1.165) is 57.8 Å². The predicted octanol–water partition coefficient (Wildman–Crippen LogP) is 14.9. The molecule has 0 unspecified atom stereocenters. The van der Waals surface area contributed by atoms with Gasteiger partial charge < -0.3 is 14.2 Å². The van der Waals surface area contributed by atoms with Crippen LogP contribution in [0.5, 0.6) is 0 Å². The van der Waals surface area contributed by atoms with E-state index in [1.165, 1.54) is 167 Å². The van der Waals surface area contributed by atoms with E-state index in [1.54, 1.807) is 0 Å². The molecule has 0 radical (unpaired) electrons. The molecule has 0 aliphatic rings. The Labute approximate surface area is 329 Å². The predicted molar refractivity (Wildman–Crippen MR) is 224 cm³/mol. The fourth-order valence-corrected chi connectivity index (χ4v) is 7.03. The van der Waals surface area contributed by atoms with Crippen LogP contribution in [0.15, 0.2) is 0 Å². The van der Waals surface area contributed by atoms with E-state index in [4.69, 9.17) is 14.2 Å². The van der Waals surface area contributed by atoms with Crippen LogP contribution in [0.2, 0.25) is 0 Å². The monoisotopic (exact) mass is 751 g/mol. The van der Waals surface area contributed by atoms with Crippen LogP contribution in [0.25, 0.3) is 0 Å². The number of rotatable bonds is 43. The summed E-state index contributed by atoms with van der Waals surface area (Å²) in [7, 11) is 0. The minimum Gasteiger partial charge on any atom is -0.462 e. The first kappa shape index (κ1) is 51.4. The Morgan fingerprint density at radius 2 is 0.509 bits per heavy atom. The summed E-state index contributed by atoms with van der Waals surface area (Å²) in [5, 5.41) is 0. The van der Waals surface area contributed by atoms with Crippen molar-refractivity contribution in [3.63, 3.8) is 0 Å². The van der Waals surface area contributed by atoms with Gasteiger partial charge in [-0.15, -0.1) is 0 Å². The maximum absolute atomic E-state index is 12.7. The molecule has 6 nitrogen and oxygen atoms in total. The van der Waals surface area contributed by atoms with Gasteiger partial charge in [-0.2, -0.15) is 0 Å². The van der Waals surface area contributed by atoms with Crippen LogP contribution < -0.4 is 0 Å². The second-order valence-electron chi connectivity index (χ2n) is 16.0. The molecule has 1 atom stereocenters. The van der Waals surface area contributed by atoms with E-state index in [2.05, 4.69) is 20.8 Å². The Morgan fingerprint density at radius 3 is 0.755 bits per heavy atom. The molecule has 0 rings (SSSR count). The standard InChI is InChI=1S/C47H90O6/c1-4-7-10-13-16-18-20-22-23-24-25-27-29-32-35-38-41-47(50)53-44(42-51-45(48)39-36-33-30-15-12-9-6-3)43-52-46(49)40-37-34-31-28-26-21-19-17-14-11-8-5-2/h44H,4-43H2,1-3H3/t44-/m1/s1. The number of carbonyl (C=O) groups is 3. The van der Waals surface area contributed by atoms with Gasteiger partial charge in [0.25, 0.3) is 0 Å². The lowest BCUT2D eigenvalue weighted by Crippen LogP contribution is -2.30. The molecule has 0 aromatic heterocycles. The summed E-state index contributed by atoms with van der Waals surface area (Å²) in [4.78, 5) is 37.6. The molecule has 0 spiro atoms. The third kappa shape index (κ3) is 41.4. The Hall–Kier alpha value is -1.59. The highest BCUT2D eigenvalue weighted by Crippen LogP contribution is 2.16. The third-order valence-corrected chi connectivity index (χ3v) is 10.6. The molecule has 0 N–H and O–H groups in total. The lowest BCUT2D eigenvalue weighted by Gasteiger charge is -2.18. The number of hydrogen-bond acceptors (Lipinski definition) is 6. The van der Waals surface area contributed by atoms with Gasteiger partial charge in [0.1, 0.15) is 13.2 Å². The largest absolute Gasteiger partial charge is 0.462 e. The van der Waals surface area contributed by atoms with Crippen LogP contribution >= 0.6 is 0 Å². The lowest BCUT2D eigenvalue weighted by atomic mass is 10.0. The summed E-state index contributed by atoms with van der Waals surface area (Å²) in [5.74, 6) is -0.855. The van der Waals surface area contributed by atoms with Gasteiger partial charge in [-0.05, 0) is 19.3 Å². The van der Waals surface area contributed by atoms with E-state index >= 15 is 0 Å². The first-order valence-corrected chi connectivity index (χ1v) is 23.5. The molecular weight excluding hydrogens is 661 g/mol. The zero-order chi connectivity index (χ0) is 38.7. The van der Waals surface area contributed by atoms with E-state index in [-0.39, 0.29) is 31.1 Å². The molecule has 0 heterocycles. The summed E-state index contributed by atoms with van der Waals surface area (Å²) in [6.45, 7) is 6.62. The van der Waals surface area contributed by atoms with Crippen molar-refractivity contribution in [2.45, 2.75) is 271 Å². The van der Waals surface area contributed by atoms with Crippen molar-refractivity contribution in [1.29, 1.82) is 0 Å². The molecular formula is C47H90O6. The summed E-state index contributed by atoms with van der Waals surface area (Å²) in [5.41, 5.74) is 0. The maximum Gasteiger partial charge on any atom is 0.306 e. The quantitative estimate of drug-likeness (QED) is 0.0351. The van der Waals surface area contributed by atoms with Gasteiger partial charge in [-0.1, -0.05) is 226 Å². The SMILES string of the molecule is CCCCCCCCCCCCCCCCCCC(=O)O[C@H](COC(=O)CCCCCCCCC)COC(=O)CCCCCCCCCCCCCC. The Balaban J connectivity index is 4.23. The van der Waals surface area contributed by atoms with E-state index in [1.807, 2.05) is 0 Å². The van der Waals surface area contributed by atoms with Gasteiger partial charge >= 0.3 is 17.9 Å². The third-order valence-electron chi connectivity index (χ3n) is 10.6. The van der Waals surface area contributed by atoms with Gasteiger partial charge in [0, 0.05) is 19.3 Å². The van der Waals surface area contributed by atoms with E-state index < -0.39 is 6.10 Å². The van der Waals surface area contributed by atoms with Crippen LogP contribution in [-0.2, 0) is 28.6 Å². The molecule has 0 amide bonds. The number of carbonyl (C=O) groups excluding carboxylic acids is 3. The average molecular weight is 751 g/mol. The molecule has 53 heavy (non-hydrogen) atoms. The highest BCUT2D eigenvalue weighted by atomic mass is 16.6. The van der Waals surface area contributed by atoms with Crippen molar-refractivity contribution in [1.82, 2.24) is 0 Å². The van der Waals surface area contributed by atoms with E-state index in [9.17, 15) is 14.4 Å². The van der Waals surface area contributed by atoms with Crippen LogP contribution in [0.4, 0.5) is 0 Å².